The number of benzene rings is 2. The first-order chi connectivity index (χ1) is 10.3. The Morgan fingerprint density at radius 2 is 1.86 bits per heavy atom. The van der Waals surface area contributed by atoms with Gasteiger partial charge in [0.05, 0.1) is 0 Å². The fraction of sp³-hybridized carbons (Fsp3) is 0.368. The molecule has 2 aliphatic rings. The molecule has 0 bridgehead atoms. The van der Waals surface area contributed by atoms with E-state index in [-0.39, 0.29) is 0 Å². The molecule has 1 N–H and O–H groups in total. The standard InChI is InChI=1S/C19H21NS/c1-13-6-7-14-8-9-17(16(14)12-13)20-18-10-11-21-19-5-3-2-4-15(18)19/h2-7,12,17-18,20H,8-11H2,1H3. The van der Waals surface area contributed by atoms with Crippen molar-refractivity contribution < 1.29 is 0 Å². The first-order valence-corrected chi connectivity index (χ1v) is 8.87. The Bertz CT molecular complexity index is 664. The fourth-order valence-corrected chi connectivity index (χ4v) is 4.78. The number of fused-ring (bicyclic) bond motifs is 2. The summed E-state index contributed by atoms with van der Waals surface area (Å²) in [5.41, 5.74) is 5.94. The highest BCUT2D eigenvalue weighted by atomic mass is 32.2. The summed E-state index contributed by atoms with van der Waals surface area (Å²) >= 11 is 2.00. The van der Waals surface area contributed by atoms with Crippen molar-refractivity contribution in [2.24, 2.45) is 0 Å². The lowest BCUT2D eigenvalue weighted by Crippen LogP contribution is -2.27. The molecule has 0 spiro atoms. The van der Waals surface area contributed by atoms with Gasteiger partial charge in [0.1, 0.15) is 0 Å². The molecule has 4 rings (SSSR count). The van der Waals surface area contributed by atoms with Gasteiger partial charge in [-0.3, -0.25) is 0 Å². The molecular weight excluding hydrogens is 274 g/mol. The van der Waals surface area contributed by atoms with Gasteiger partial charge in [0.2, 0.25) is 0 Å². The lowest BCUT2D eigenvalue weighted by Gasteiger charge is -2.29. The van der Waals surface area contributed by atoms with Crippen LogP contribution in [0.2, 0.25) is 0 Å². The van der Waals surface area contributed by atoms with Crippen LogP contribution in [0.15, 0.2) is 47.4 Å². The molecule has 0 radical (unpaired) electrons. The molecule has 21 heavy (non-hydrogen) atoms. The predicted octanol–water partition coefficient (Wildman–Crippen LogP) is 4.81. The number of aryl methyl sites for hydroxylation is 2. The second-order valence-electron chi connectivity index (χ2n) is 6.19. The predicted molar refractivity (Wildman–Crippen MR) is 89.9 cm³/mol. The van der Waals surface area contributed by atoms with Crippen molar-refractivity contribution in [3.63, 3.8) is 0 Å². The van der Waals surface area contributed by atoms with E-state index in [4.69, 9.17) is 0 Å². The van der Waals surface area contributed by atoms with Crippen LogP contribution in [0, 0.1) is 6.92 Å². The summed E-state index contributed by atoms with van der Waals surface area (Å²) in [6, 6.07) is 16.9. The second-order valence-corrected chi connectivity index (χ2v) is 7.32. The van der Waals surface area contributed by atoms with Crippen LogP contribution < -0.4 is 5.32 Å². The van der Waals surface area contributed by atoms with E-state index in [9.17, 15) is 0 Å². The summed E-state index contributed by atoms with van der Waals surface area (Å²) in [6.07, 6.45) is 3.69. The molecule has 0 saturated heterocycles. The maximum Gasteiger partial charge on any atom is 0.0344 e. The number of nitrogens with one attached hydrogen (secondary N) is 1. The molecule has 1 aliphatic carbocycles. The summed E-state index contributed by atoms with van der Waals surface area (Å²) in [6.45, 7) is 2.20. The molecule has 0 fully saturated rings. The van der Waals surface area contributed by atoms with Gasteiger partial charge in [0, 0.05) is 17.0 Å². The molecule has 108 valence electrons. The van der Waals surface area contributed by atoms with E-state index in [0.29, 0.717) is 12.1 Å². The van der Waals surface area contributed by atoms with E-state index < -0.39 is 0 Å². The molecule has 2 heteroatoms. The molecule has 2 aromatic carbocycles. The lowest BCUT2D eigenvalue weighted by atomic mass is 10.00. The minimum atomic E-state index is 0.513. The van der Waals surface area contributed by atoms with Crippen LogP contribution in [0.1, 0.15) is 47.2 Å². The van der Waals surface area contributed by atoms with Crippen molar-refractivity contribution in [1.82, 2.24) is 5.32 Å². The highest BCUT2D eigenvalue weighted by molar-refractivity contribution is 7.99. The molecule has 0 aromatic heterocycles. The first-order valence-electron chi connectivity index (χ1n) is 7.88. The molecular formula is C19H21NS. The van der Waals surface area contributed by atoms with Crippen LogP contribution in [0.4, 0.5) is 0 Å². The van der Waals surface area contributed by atoms with Crippen molar-refractivity contribution in [1.29, 1.82) is 0 Å². The quantitative estimate of drug-likeness (QED) is 0.853. The lowest BCUT2D eigenvalue weighted by molar-refractivity contribution is 0.427. The first kappa shape index (κ1) is 13.4. The van der Waals surface area contributed by atoms with Crippen molar-refractivity contribution in [2.45, 2.75) is 43.2 Å². The topological polar surface area (TPSA) is 12.0 Å². The smallest absolute Gasteiger partial charge is 0.0344 e. The fourth-order valence-electron chi connectivity index (χ4n) is 3.65. The van der Waals surface area contributed by atoms with Crippen molar-refractivity contribution in [2.75, 3.05) is 5.75 Å². The van der Waals surface area contributed by atoms with Crippen LogP contribution in [-0.2, 0) is 6.42 Å². The Hall–Kier alpha value is -1.25. The summed E-state index contributed by atoms with van der Waals surface area (Å²) in [5, 5.41) is 3.94. The Labute approximate surface area is 131 Å². The van der Waals surface area contributed by atoms with Gasteiger partial charge in [-0.2, -0.15) is 0 Å². The van der Waals surface area contributed by atoms with E-state index in [1.807, 2.05) is 11.8 Å². The third kappa shape index (κ3) is 2.51. The van der Waals surface area contributed by atoms with E-state index in [1.54, 1.807) is 0 Å². The maximum absolute atomic E-state index is 3.94. The zero-order chi connectivity index (χ0) is 14.2. The molecule has 1 nitrogen and oxygen atoms in total. The van der Waals surface area contributed by atoms with Gasteiger partial charge in [0.15, 0.2) is 0 Å². The number of rotatable bonds is 2. The minimum absolute atomic E-state index is 0.513. The highest BCUT2D eigenvalue weighted by Gasteiger charge is 2.27. The third-order valence-electron chi connectivity index (χ3n) is 4.74. The van der Waals surface area contributed by atoms with Crippen LogP contribution in [0.3, 0.4) is 0 Å². The molecule has 2 atom stereocenters. The second kappa shape index (κ2) is 5.51. The van der Waals surface area contributed by atoms with E-state index in [2.05, 4.69) is 54.7 Å². The average Bonchev–Trinajstić information content (AvgIpc) is 2.90. The molecule has 2 aromatic rings. The monoisotopic (exact) mass is 295 g/mol. The Kier molecular flexibility index (Phi) is 3.52. The zero-order valence-corrected chi connectivity index (χ0v) is 13.2. The van der Waals surface area contributed by atoms with Gasteiger partial charge in [-0.05, 0) is 54.7 Å². The highest BCUT2D eigenvalue weighted by Crippen LogP contribution is 2.39. The van der Waals surface area contributed by atoms with E-state index >= 15 is 0 Å². The van der Waals surface area contributed by atoms with Crippen LogP contribution in [-0.4, -0.2) is 5.75 Å². The Morgan fingerprint density at radius 1 is 1.00 bits per heavy atom. The number of thioether (sulfide) groups is 1. The third-order valence-corrected chi connectivity index (χ3v) is 5.86. The van der Waals surface area contributed by atoms with Crippen LogP contribution >= 0.6 is 11.8 Å². The number of hydrogen-bond donors (Lipinski definition) is 1. The average molecular weight is 295 g/mol. The van der Waals surface area contributed by atoms with Crippen molar-refractivity contribution >= 4 is 11.8 Å². The zero-order valence-electron chi connectivity index (χ0n) is 12.4. The summed E-state index contributed by atoms with van der Waals surface area (Å²) in [5.74, 6) is 1.22. The van der Waals surface area contributed by atoms with Crippen molar-refractivity contribution in [3.05, 3.63) is 64.7 Å². The minimum Gasteiger partial charge on any atom is -0.303 e. The summed E-state index contributed by atoms with van der Waals surface area (Å²) in [4.78, 5) is 1.46. The SMILES string of the molecule is Cc1ccc2c(c1)C(NC1CCSc3ccccc31)CC2. The van der Waals surface area contributed by atoms with Crippen LogP contribution in [0.5, 0.6) is 0 Å². The largest absolute Gasteiger partial charge is 0.303 e. The van der Waals surface area contributed by atoms with Crippen molar-refractivity contribution in [3.8, 4) is 0 Å². The molecule has 1 aliphatic heterocycles. The van der Waals surface area contributed by atoms with Gasteiger partial charge < -0.3 is 5.32 Å². The number of hydrogen-bond acceptors (Lipinski definition) is 2. The van der Waals surface area contributed by atoms with Gasteiger partial charge in [-0.1, -0.05) is 42.0 Å². The molecule has 0 saturated carbocycles. The van der Waals surface area contributed by atoms with E-state index in [1.165, 1.54) is 52.2 Å². The molecule has 2 unspecified atom stereocenters. The van der Waals surface area contributed by atoms with Gasteiger partial charge in [-0.25, -0.2) is 0 Å². The van der Waals surface area contributed by atoms with Gasteiger partial charge in [0.25, 0.3) is 0 Å². The van der Waals surface area contributed by atoms with Gasteiger partial charge >= 0.3 is 0 Å². The van der Waals surface area contributed by atoms with Gasteiger partial charge in [-0.15, -0.1) is 11.8 Å². The maximum atomic E-state index is 3.94. The molecule has 0 amide bonds. The Balaban J connectivity index is 1.60. The normalized spacial score (nSPS) is 23.7. The summed E-state index contributed by atoms with van der Waals surface area (Å²) in [7, 11) is 0. The van der Waals surface area contributed by atoms with Crippen LogP contribution in [0.25, 0.3) is 0 Å². The summed E-state index contributed by atoms with van der Waals surface area (Å²) < 4.78 is 0. The Morgan fingerprint density at radius 3 is 2.81 bits per heavy atom. The molecule has 1 heterocycles. The van der Waals surface area contributed by atoms with E-state index in [0.717, 1.165) is 0 Å².